The molecule has 2 N–H and O–H groups in total. The van der Waals surface area contributed by atoms with Crippen LogP contribution in [0.2, 0.25) is 0 Å². The summed E-state index contributed by atoms with van der Waals surface area (Å²) in [6, 6.07) is 19.9. The number of nitrogens with two attached hydrogens (primary N) is 1. The van der Waals surface area contributed by atoms with Crippen LogP contribution in [0.3, 0.4) is 0 Å². The Morgan fingerprint density at radius 1 is 1.03 bits per heavy atom. The quantitative estimate of drug-likeness (QED) is 0.219. The molecule has 0 saturated carbocycles. The molecule has 0 atom stereocenters. The van der Waals surface area contributed by atoms with Crippen LogP contribution in [0, 0.1) is 0 Å². The topological polar surface area (TPSA) is 73.0 Å². The van der Waals surface area contributed by atoms with Crippen molar-refractivity contribution in [3.63, 3.8) is 0 Å². The molecule has 0 bridgehead atoms. The molecular formula is C28H32N4O2. The van der Waals surface area contributed by atoms with Crippen molar-refractivity contribution in [2.75, 3.05) is 18.2 Å². The highest BCUT2D eigenvalue weighted by Gasteiger charge is 2.06. The Morgan fingerprint density at radius 3 is 2.32 bits per heavy atom. The van der Waals surface area contributed by atoms with E-state index in [1.807, 2.05) is 69.4 Å². The molecule has 6 nitrogen and oxygen atoms in total. The number of aliphatic imine (C=N–C) groups is 1. The van der Waals surface area contributed by atoms with E-state index in [-0.39, 0.29) is 0 Å². The number of rotatable bonds is 11. The van der Waals surface area contributed by atoms with Crippen molar-refractivity contribution in [2.24, 2.45) is 10.8 Å². The van der Waals surface area contributed by atoms with Gasteiger partial charge in [-0.25, -0.2) is 10.8 Å². The maximum Gasteiger partial charge on any atom is 0.213 e. The van der Waals surface area contributed by atoms with Gasteiger partial charge >= 0.3 is 0 Å². The number of hydrazine groups is 1. The lowest BCUT2D eigenvalue weighted by atomic mass is 10.1. The first-order valence-electron chi connectivity index (χ1n) is 11.3. The number of benzene rings is 2. The summed E-state index contributed by atoms with van der Waals surface area (Å²) in [5.74, 6) is 7.71. The monoisotopic (exact) mass is 456 g/mol. The first-order chi connectivity index (χ1) is 16.5. The summed E-state index contributed by atoms with van der Waals surface area (Å²) in [5, 5.41) is 1.71. The normalized spacial score (nSPS) is 11.5. The molecule has 3 rings (SSSR count). The third-order valence-corrected chi connectivity index (χ3v) is 5.01. The zero-order valence-electron chi connectivity index (χ0n) is 20.1. The Morgan fingerprint density at radius 2 is 1.74 bits per heavy atom. The highest BCUT2D eigenvalue weighted by Crippen LogP contribution is 2.23. The molecule has 2 aromatic carbocycles. The number of nitrogens with zero attached hydrogens (tertiary/aromatic N) is 3. The Balaban J connectivity index is 1.56. The number of allylic oxidation sites excluding steroid dienone is 2. The number of aromatic nitrogens is 1. The number of hydrogen-bond acceptors (Lipinski definition) is 6. The van der Waals surface area contributed by atoms with Crippen molar-refractivity contribution < 1.29 is 9.47 Å². The molecular weight excluding hydrogens is 424 g/mol. The lowest BCUT2D eigenvalue weighted by Crippen LogP contribution is -2.29. The van der Waals surface area contributed by atoms with Crippen LogP contribution in [0.4, 0.5) is 5.69 Å². The molecule has 0 spiro atoms. The summed E-state index contributed by atoms with van der Waals surface area (Å²) in [6.45, 7) is 11.2. The molecule has 6 heteroatoms. The molecule has 1 aromatic heterocycles. The molecule has 34 heavy (non-hydrogen) atoms. The smallest absolute Gasteiger partial charge is 0.213 e. The third-order valence-electron chi connectivity index (χ3n) is 5.01. The van der Waals surface area contributed by atoms with Crippen molar-refractivity contribution in [2.45, 2.75) is 27.3 Å². The van der Waals surface area contributed by atoms with E-state index in [0.717, 1.165) is 39.4 Å². The predicted octanol–water partition coefficient (Wildman–Crippen LogP) is 5.96. The molecule has 0 aliphatic carbocycles. The summed E-state index contributed by atoms with van der Waals surface area (Å²) < 4.78 is 11.2. The standard InChI is InChI=1S/C28H32N4O2/c1-5-25(30-17-21(3)4)20-34-27-14-12-26(13-15-27)32(29)19-22-7-9-23(10-8-22)24-11-16-28(31-18-24)33-6-2/h5,7-18H,3,6,19-20,29H2,1-2,4H3/b25-5-,30-17?. The van der Waals surface area contributed by atoms with Crippen LogP contribution >= 0.6 is 0 Å². The summed E-state index contributed by atoms with van der Waals surface area (Å²) in [7, 11) is 0. The number of ether oxygens (including phenoxy) is 2. The zero-order valence-corrected chi connectivity index (χ0v) is 20.1. The van der Waals surface area contributed by atoms with Crippen molar-refractivity contribution in [3.05, 3.63) is 96.3 Å². The Labute approximate surface area is 202 Å². The number of pyridine rings is 1. The van der Waals surface area contributed by atoms with Crippen molar-refractivity contribution in [1.82, 2.24) is 4.98 Å². The van der Waals surface area contributed by atoms with Crippen molar-refractivity contribution in [3.8, 4) is 22.8 Å². The Hall–Kier alpha value is -3.90. The number of anilines is 1. The molecule has 1 heterocycles. The second-order valence-corrected chi connectivity index (χ2v) is 7.81. The summed E-state index contributed by atoms with van der Waals surface area (Å²) in [6.07, 6.45) is 5.48. The van der Waals surface area contributed by atoms with Crippen LogP contribution in [0.1, 0.15) is 26.3 Å². The molecule has 0 radical (unpaired) electrons. The van der Waals surface area contributed by atoms with Crippen LogP contribution in [-0.4, -0.2) is 24.4 Å². The zero-order chi connectivity index (χ0) is 24.3. The molecule has 3 aromatic rings. The minimum atomic E-state index is 0.391. The summed E-state index contributed by atoms with van der Waals surface area (Å²) >= 11 is 0. The van der Waals surface area contributed by atoms with Crippen LogP contribution in [0.5, 0.6) is 11.6 Å². The second kappa shape index (κ2) is 12.4. The van der Waals surface area contributed by atoms with Gasteiger partial charge in [0.05, 0.1) is 24.5 Å². The van der Waals surface area contributed by atoms with Gasteiger partial charge in [-0.1, -0.05) is 36.9 Å². The van der Waals surface area contributed by atoms with Gasteiger partial charge in [-0.2, -0.15) is 0 Å². The van der Waals surface area contributed by atoms with Crippen molar-refractivity contribution in [1.29, 1.82) is 0 Å². The van der Waals surface area contributed by atoms with Gasteiger partial charge in [-0.3, -0.25) is 4.99 Å². The maximum absolute atomic E-state index is 6.32. The average molecular weight is 457 g/mol. The fraction of sp³-hybridized carbons (Fsp3) is 0.214. The summed E-state index contributed by atoms with van der Waals surface area (Å²) in [5.41, 5.74) is 5.89. The third kappa shape index (κ3) is 7.32. The van der Waals surface area contributed by atoms with Crippen LogP contribution in [0.25, 0.3) is 11.1 Å². The Bertz CT molecular complexity index is 1120. The predicted molar refractivity (Wildman–Crippen MR) is 140 cm³/mol. The second-order valence-electron chi connectivity index (χ2n) is 7.81. The maximum atomic E-state index is 6.32. The van der Waals surface area contributed by atoms with Crippen LogP contribution in [-0.2, 0) is 6.54 Å². The molecule has 0 fully saturated rings. The van der Waals surface area contributed by atoms with E-state index >= 15 is 0 Å². The molecule has 176 valence electrons. The van der Waals surface area contributed by atoms with Gasteiger partial charge in [0, 0.05) is 24.0 Å². The van der Waals surface area contributed by atoms with Gasteiger partial charge in [0.2, 0.25) is 5.88 Å². The lowest BCUT2D eigenvalue weighted by molar-refractivity contribution is 0.327. The van der Waals surface area contributed by atoms with E-state index in [1.54, 1.807) is 11.2 Å². The fourth-order valence-corrected chi connectivity index (χ4v) is 3.15. The lowest BCUT2D eigenvalue weighted by Gasteiger charge is -2.19. The minimum Gasteiger partial charge on any atom is -0.487 e. The van der Waals surface area contributed by atoms with Crippen molar-refractivity contribution >= 4 is 11.9 Å². The Kier molecular flexibility index (Phi) is 9.00. The van der Waals surface area contributed by atoms with Gasteiger partial charge in [-0.15, -0.1) is 0 Å². The first kappa shape index (κ1) is 24.7. The van der Waals surface area contributed by atoms with Gasteiger partial charge in [0.1, 0.15) is 12.4 Å². The van der Waals surface area contributed by atoms with E-state index in [2.05, 4.69) is 40.8 Å². The molecule has 0 aliphatic rings. The fourth-order valence-electron chi connectivity index (χ4n) is 3.15. The number of hydrogen-bond donors (Lipinski definition) is 1. The largest absolute Gasteiger partial charge is 0.487 e. The van der Waals surface area contributed by atoms with Gasteiger partial charge in [-0.05, 0) is 67.8 Å². The highest BCUT2D eigenvalue weighted by atomic mass is 16.5. The van der Waals surface area contributed by atoms with E-state index in [0.29, 0.717) is 25.6 Å². The van der Waals surface area contributed by atoms with Crippen LogP contribution < -0.4 is 20.3 Å². The minimum absolute atomic E-state index is 0.391. The van der Waals surface area contributed by atoms with E-state index < -0.39 is 0 Å². The van der Waals surface area contributed by atoms with Gasteiger partial charge < -0.3 is 14.5 Å². The van der Waals surface area contributed by atoms with Gasteiger partial charge in [0.25, 0.3) is 0 Å². The van der Waals surface area contributed by atoms with E-state index in [9.17, 15) is 0 Å². The molecule has 0 unspecified atom stereocenters. The average Bonchev–Trinajstić information content (AvgIpc) is 2.85. The van der Waals surface area contributed by atoms with E-state index in [1.165, 1.54) is 0 Å². The highest BCUT2D eigenvalue weighted by molar-refractivity contribution is 5.77. The molecule has 0 amide bonds. The SMILES string of the molecule is C=C(C)C=N/C(=C\C)COc1ccc(N(N)Cc2ccc(-c3ccc(OCC)nc3)cc2)cc1. The molecule has 0 aliphatic heterocycles. The van der Waals surface area contributed by atoms with E-state index in [4.69, 9.17) is 15.3 Å². The molecule has 0 saturated heterocycles. The van der Waals surface area contributed by atoms with Gasteiger partial charge in [0.15, 0.2) is 0 Å². The first-order valence-corrected chi connectivity index (χ1v) is 11.3. The summed E-state index contributed by atoms with van der Waals surface area (Å²) in [4.78, 5) is 8.69. The van der Waals surface area contributed by atoms with Crippen LogP contribution in [0.15, 0.2) is 95.8 Å².